The molecule has 2 aliphatic rings. The monoisotopic (exact) mass is 467 g/mol. The Kier molecular flexibility index (Phi) is 6.48. The molecule has 0 saturated carbocycles. The molecule has 1 saturated heterocycles. The van der Waals surface area contributed by atoms with E-state index in [0.29, 0.717) is 36.8 Å². The summed E-state index contributed by atoms with van der Waals surface area (Å²) in [6, 6.07) is 9.67. The number of rotatable bonds is 6. The van der Waals surface area contributed by atoms with Crippen LogP contribution in [0.25, 0.3) is 10.2 Å². The molecule has 174 valence electrons. The highest BCUT2D eigenvalue weighted by Crippen LogP contribution is 2.35. The lowest BCUT2D eigenvalue weighted by Crippen LogP contribution is -2.39. The van der Waals surface area contributed by atoms with Crippen molar-refractivity contribution in [3.63, 3.8) is 0 Å². The third-order valence-corrected chi connectivity index (χ3v) is 7.26. The van der Waals surface area contributed by atoms with E-state index in [1.54, 1.807) is 17.4 Å². The molecule has 0 spiro atoms. The SMILES string of the molecule is Cc1cc(C)c2sc(N(CCCN3CCOCC3)C(=O)c3ccc4c(c3)OCCO4)nc2c1. The van der Waals surface area contributed by atoms with E-state index in [9.17, 15) is 4.79 Å². The van der Waals surface area contributed by atoms with Gasteiger partial charge in [0.05, 0.1) is 23.4 Å². The van der Waals surface area contributed by atoms with Crippen LogP contribution in [0.3, 0.4) is 0 Å². The molecule has 3 aromatic rings. The quantitative estimate of drug-likeness (QED) is 0.545. The van der Waals surface area contributed by atoms with E-state index in [4.69, 9.17) is 19.2 Å². The van der Waals surface area contributed by atoms with Crippen molar-refractivity contribution in [2.75, 3.05) is 57.5 Å². The Morgan fingerprint density at radius 1 is 1.06 bits per heavy atom. The molecule has 2 aliphatic heterocycles. The number of hydrogen-bond donors (Lipinski definition) is 0. The van der Waals surface area contributed by atoms with Crippen LogP contribution in [-0.4, -0.2) is 68.4 Å². The van der Waals surface area contributed by atoms with E-state index < -0.39 is 0 Å². The molecule has 1 amide bonds. The second-order valence-electron chi connectivity index (χ2n) is 8.55. The van der Waals surface area contributed by atoms with Gasteiger partial charge in [0.1, 0.15) is 13.2 Å². The number of carbonyl (C=O) groups is 1. The zero-order valence-corrected chi connectivity index (χ0v) is 20.0. The molecule has 0 bridgehead atoms. The molecular formula is C25H29N3O4S. The number of hydrogen-bond acceptors (Lipinski definition) is 7. The predicted octanol–water partition coefficient (Wildman–Crippen LogP) is 4.05. The van der Waals surface area contributed by atoms with Crippen molar-refractivity contribution < 1.29 is 19.0 Å². The van der Waals surface area contributed by atoms with E-state index in [2.05, 4.69) is 30.9 Å². The smallest absolute Gasteiger partial charge is 0.260 e. The number of nitrogens with zero attached hydrogens (tertiary/aromatic N) is 3. The predicted molar refractivity (Wildman–Crippen MR) is 130 cm³/mol. The van der Waals surface area contributed by atoms with Gasteiger partial charge in [-0.2, -0.15) is 0 Å². The van der Waals surface area contributed by atoms with Crippen LogP contribution >= 0.6 is 11.3 Å². The minimum absolute atomic E-state index is 0.0672. The summed E-state index contributed by atoms with van der Waals surface area (Å²) in [5.41, 5.74) is 3.89. The van der Waals surface area contributed by atoms with Crippen LogP contribution in [0.15, 0.2) is 30.3 Å². The van der Waals surface area contributed by atoms with Crippen molar-refractivity contribution in [1.29, 1.82) is 0 Å². The van der Waals surface area contributed by atoms with Crippen LogP contribution in [0.5, 0.6) is 11.5 Å². The summed E-state index contributed by atoms with van der Waals surface area (Å²) >= 11 is 1.58. The van der Waals surface area contributed by atoms with Crippen molar-refractivity contribution in [2.45, 2.75) is 20.3 Å². The number of ether oxygens (including phenoxy) is 3. The zero-order valence-electron chi connectivity index (χ0n) is 19.1. The van der Waals surface area contributed by atoms with E-state index in [0.717, 1.165) is 54.6 Å². The van der Waals surface area contributed by atoms with E-state index >= 15 is 0 Å². The van der Waals surface area contributed by atoms with Gasteiger partial charge in [-0.05, 0) is 55.7 Å². The fourth-order valence-corrected chi connectivity index (χ4v) is 5.41. The van der Waals surface area contributed by atoms with Gasteiger partial charge in [0.15, 0.2) is 16.6 Å². The van der Waals surface area contributed by atoms with Gasteiger partial charge in [-0.25, -0.2) is 4.98 Å². The largest absolute Gasteiger partial charge is 0.486 e. The van der Waals surface area contributed by atoms with Gasteiger partial charge in [0, 0.05) is 31.7 Å². The van der Waals surface area contributed by atoms with Crippen LogP contribution in [0.2, 0.25) is 0 Å². The van der Waals surface area contributed by atoms with E-state index in [-0.39, 0.29) is 5.91 Å². The molecule has 0 atom stereocenters. The summed E-state index contributed by atoms with van der Waals surface area (Å²) in [5.74, 6) is 1.24. The van der Waals surface area contributed by atoms with Gasteiger partial charge in [-0.15, -0.1) is 0 Å². The second-order valence-corrected chi connectivity index (χ2v) is 9.53. The normalized spacial score (nSPS) is 16.2. The minimum atomic E-state index is -0.0672. The first kappa shape index (κ1) is 22.1. The zero-order chi connectivity index (χ0) is 22.8. The van der Waals surface area contributed by atoms with Crippen LogP contribution in [-0.2, 0) is 4.74 Å². The maximum absolute atomic E-state index is 13.7. The Bertz CT molecular complexity index is 1160. The number of morpholine rings is 1. The third-order valence-electron chi connectivity index (χ3n) is 6.03. The molecule has 5 rings (SSSR count). The average Bonchev–Trinajstić information content (AvgIpc) is 3.26. The highest BCUT2D eigenvalue weighted by atomic mass is 32.1. The lowest BCUT2D eigenvalue weighted by Gasteiger charge is -2.28. The van der Waals surface area contributed by atoms with Crippen molar-refractivity contribution in [3.8, 4) is 11.5 Å². The summed E-state index contributed by atoms with van der Waals surface area (Å²) in [5, 5.41) is 0.737. The molecule has 7 nitrogen and oxygen atoms in total. The number of amides is 1. The molecule has 0 aliphatic carbocycles. The Morgan fingerprint density at radius 3 is 2.67 bits per heavy atom. The Balaban J connectivity index is 1.43. The minimum Gasteiger partial charge on any atom is -0.486 e. The number of aryl methyl sites for hydroxylation is 2. The van der Waals surface area contributed by atoms with Crippen LogP contribution in [0.4, 0.5) is 5.13 Å². The fourth-order valence-electron chi connectivity index (χ4n) is 4.37. The summed E-state index contributed by atoms with van der Waals surface area (Å²) < 4.78 is 17.9. The van der Waals surface area contributed by atoms with Gasteiger partial charge in [0.2, 0.25) is 0 Å². The van der Waals surface area contributed by atoms with Crippen molar-refractivity contribution in [2.24, 2.45) is 0 Å². The van der Waals surface area contributed by atoms with Crippen molar-refractivity contribution in [1.82, 2.24) is 9.88 Å². The average molecular weight is 468 g/mol. The maximum Gasteiger partial charge on any atom is 0.260 e. The van der Waals surface area contributed by atoms with Gasteiger partial charge in [-0.1, -0.05) is 17.4 Å². The van der Waals surface area contributed by atoms with Crippen LogP contribution < -0.4 is 14.4 Å². The lowest BCUT2D eigenvalue weighted by atomic mass is 10.1. The Morgan fingerprint density at radius 2 is 1.85 bits per heavy atom. The van der Waals surface area contributed by atoms with Gasteiger partial charge in [-0.3, -0.25) is 14.6 Å². The molecule has 3 heterocycles. The summed E-state index contributed by atoms with van der Waals surface area (Å²) in [7, 11) is 0. The summed E-state index contributed by atoms with van der Waals surface area (Å²) in [6.07, 6.45) is 0.865. The second kappa shape index (κ2) is 9.67. The molecule has 8 heteroatoms. The molecule has 1 fully saturated rings. The molecule has 1 aromatic heterocycles. The third kappa shape index (κ3) is 4.83. The lowest BCUT2D eigenvalue weighted by molar-refractivity contribution is 0.0376. The van der Waals surface area contributed by atoms with Crippen molar-refractivity contribution in [3.05, 3.63) is 47.0 Å². The fraction of sp³-hybridized carbons (Fsp3) is 0.440. The molecule has 0 unspecified atom stereocenters. The molecule has 0 radical (unpaired) electrons. The number of fused-ring (bicyclic) bond motifs is 2. The summed E-state index contributed by atoms with van der Waals surface area (Å²) in [6.45, 7) is 10.1. The van der Waals surface area contributed by atoms with Gasteiger partial charge >= 0.3 is 0 Å². The first-order valence-corrected chi connectivity index (χ1v) is 12.3. The van der Waals surface area contributed by atoms with Crippen molar-refractivity contribution >= 4 is 32.6 Å². The molecule has 33 heavy (non-hydrogen) atoms. The van der Waals surface area contributed by atoms with E-state index in [1.807, 2.05) is 17.0 Å². The van der Waals surface area contributed by atoms with E-state index in [1.165, 1.54) is 11.1 Å². The number of thiazole rings is 1. The summed E-state index contributed by atoms with van der Waals surface area (Å²) in [4.78, 5) is 22.8. The standard InChI is InChI=1S/C25H29N3O4S/c1-17-14-18(2)23-20(15-17)26-25(33-23)28(7-3-6-27-8-10-30-11-9-27)24(29)19-4-5-21-22(16-19)32-13-12-31-21/h4-5,14-16H,3,6-13H2,1-2H3. The Hall–Kier alpha value is -2.68. The van der Waals surface area contributed by atoms with Crippen LogP contribution in [0, 0.1) is 13.8 Å². The molecule has 0 N–H and O–H groups in total. The topological polar surface area (TPSA) is 64.1 Å². The highest BCUT2D eigenvalue weighted by molar-refractivity contribution is 7.22. The van der Waals surface area contributed by atoms with Gasteiger partial charge in [0.25, 0.3) is 5.91 Å². The number of anilines is 1. The highest BCUT2D eigenvalue weighted by Gasteiger charge is 2.24. The number of carbonyl (C=O) groups excluding carboxylic acids is 1. The number of benzene rings is 2. The molecule has 2 aromatic carbocycles. The molecular weight excluding hydrogens is 438 g/mol. The first-order valence-electron chi connectivity index (χ1n) is 11.5. The number of aromatic nitrogens is 1. The maximum atomic E-state index is 13.7. The van der Waals surface area contributed by atoms with Crippen LogP contribution in [0.1, 0.15) is 27.9 Å². The van der Waals surface area contributed by atoms with Gasteiger partial charge < -0.3 is 14.2 Å². The Labute approximate surface area is 197 Å². The first-order chi connectivity index (χ1) is 16.1.